The number of likely N-dealkylation sites (N-methyl/N-ethyl adjacent to an activating group) is 1. The highest BCUT2D eigenvalue weighted by atomic mass is 32.2. The molecule has 0 unspecified atom stereocenters. The molecule has 0 saturated heterocycles. The topological polar surface area (TPSA) is 54.9 Å². The molecule has 1 heterocycles. The van der Waals surface area contributed by atoms with Gasteiger partial charge in [0.25, 0.3) is 5.91 Å². The van der Waals surface area contributed by atoms with E-state index in [9.17, 15) is 4.79 Å². The number of thioether (sulfide) groups is 1. The molecule has 2 aromatic carbocycles. The molecule has 0 radical (unpaired) electrons. The minimum atomic E-state index is -0.114. The molecule has 0 spiro atoms. The minimum absolute atomic E-state index is 0.114. The fourth-order valence-corrected chi connectivity index (χ4v) is 4.39. The van der Waals surface area contributed by atoms with Gasteiger partial charge in [-0.2, -0.15) is 0 Å². The Bertz CT molecular complexity index is 1000. The second kappa shape index (κ2) is 9.47. The van der Waals surface area contributed by atoms with E-state index >= 15 is 0 Å². The number of methoxy groups -OCH3 is 2. The van der Waals surface area contributed by atoms with Gasteiger partial charge in [0.15, 0.2) is 16.6 Å². The van der Waals surface area contributed by atoms with E-state index in [4.69, 9.17) is 14.5 Å². The van der Waals surface area contributed by atoms with E-state index in [0.717, 1.165) is 16.8 Å². The first kappa shape index (κ1) is 21.4. The quantitative estimate of drug-likeness (QED) is 0.497. The molecule has 0 aliphatic carbocycles. The number of hydrogen-bond donors (Lipinski definition) is 0. The molecular weight excluding hydrogens is 406 g/mol. The van der Waals surface area contributed by atoms with Crippen molar-refractivity contribution in [3.05, 3.63) is 42.0 Å². The number of aromatic nitrogens is 1. The van der Waals surface area contributed by atoms with Crippen molar-refractivity contribution in [2.75, 3.05) is 52.6 Å². The average Bonchev–Trinajstić information content (AvgIpc) is 3.15. The number of amides is 1. The smallest absolute Gasteiger partial charge is 0.260 e. The van der Waals surface area contributed by atoms with E-state index in [1.54, 1.807) is 49.1 Å². The van der Waals surface area contributed by atoms with Gasteiger partial charge in [-0.15, -0.1) is 11.8 Å². The molecule has 1 amide bonds. The maximum atomic E-state index is 13.4. The van der Waals surface area contributed by atoms with Crippen LogP contribution in [0, 0.1) is 0 Å². The van der Waals surface area contributed by atoms with Gasteiger partial charge in [-0.25, -0.2) is 4.98 Å². The van der Waals surface area contributed by atoms with Gasteiger partial charge in [-0.05, 0) is 56.7 Å². The fourth-order valence-electron chi connectivity index (χ4n) is 2.84. The number of carbonyl (C=O) groups excluding carboxylic acids is 1. The van der Waals surface area contributed by atoms with Crippen LogP contribution in [0.5, 0.6) is 11.5 Å². The first-order valence-corrected chi connectivity index (χ1v) is 11.1. The van der Waals surface area contributed by atoms with Gasteiger partial charge in [-0.1, -0.05) is 11.3 Å². The summed E-state index contributed by atoms with van der Waals surface area (Å²) in [5.74, 6) is 1.00. The summed E-state index contributed by atoms with van der Waals surface area (Å²) in [7, 11) is 7.11. The SMILES string of the molecule is COc1ccc(C(=O)N(CCN(C)C)c2nc3ccc(SC)cc3s2)cc1OC. The zero-order valence-electron chi connectivity index (χ0n) is 17.3. The van der Waals surface area contributed by atoms with Crippen molar-refractivity contribution in [2.45, 2.75) is 4.90 Å². The van der Waals surface area contributed by atoms with Gasteiger partial charge in [-0.3, -0.25) is 9.69 Å². The Labute approximate surface area is 179 Å². The van der Waals surface area contributed by atoms with E-state index in [1.807, 2.05) is 31.3 Å². The fraction of sp³-hybridized carbons (Fsp3) is 0.333. The predicted molar refractivity (Wildman–Crippen MR) is 121 cm³/mol. The normalized spacial score (nSPS) is 11.1. The lowest BCUT2D eigenvalue weighted by atomic mass is 10.1. The number of ether oxygens (including phenoxy) is 2. The first-order valence-electron chi connectivity index (χ1n) is 9.10. The molecule has 8 heteroatoms. The van der Waals surface area contributed by atoms with E-state index in [-0.39, 0.29) is 5.91 Å². The number of nitrogens with zero attached hydrogens (tertiary/aromatic N) is 3. The number of fused-ring (bicyclic) bond motifs is 1. The van der Waals surface area contributed by atoms with Crippen molar-refractivity contribution in [2.24, 2.45) is 0 Å². The highest BCUT2D eigenvalue weighted by Gasteiger charge is 2.22. The zero-order chi connectivity index (χ0) is 21.0. The van der Waals surface area contributed by atoms with Crippen molar-refractivity contribution >= 4 is 44.4 Å². The van der Waals surface area contributed by atoms with Gasteiger partial charge in [0.05, 0.1) is 24.4 Å². The number of benzene rings is 2. The first-order chi connectivity index (χ1) is 14.0. The Morgan fingerprint density at radius 2 is 1.83 bits per heavy atom. The Morgan fingerprint density at radius 3 is 2.48 bits per heavy atom. The average molecular weight is 432 g/mol. The number of hydrogen-bond acceptors (Lipinski definition) is 7. The molecule has 0 atom stereocenters. The summed E-state index contributed by atoms with van der Waals surface area (Å²) >= 11 is 3.23. The summed E-state index contributed by atoms with van der Waals surface area (Å²) in [6.07, 6.45) is 2.05. The third-order valence-corrected chi connectivity index (χ3v) is 6.23. The van der Waals surface area contributed by atoms with Crippen molar-refractivity contribution in [1.82, 2.24) is 9.88 Å². The molecule has 0 fully saturated rings. The van der Waals surface area contributed by atoms with Crippen LogP contribution in [0.1, 0.15) is 10.4 Å². The lowest BCUT2D eigenvalue weighted by molar-refractivity contribution is 0.0985. The van der Waals surface area contributed by atoms with Crippen LogP contribution in [0.2, 0.25) is 0 Å². The van der Waals surface area contributed by atoms with Crippen molar-refractivity contribution in [3.8, 4) is 11.5 Å². The summed E-state index contributed by atoms with van der Waals surface area (Å²) in [4.78, 5) is 23.1. The molecule has 1 aromatic heterocycles. The van der Waals surface area contributed by atoms with Crippen molar-refractivity contribution < 1.29 is 14.3 Å². The van der Waals surface area contributed by atoms with Crippen LogP contribution in [-0.2, 0) is 0 Å². The third kappa shape index (κ3) is 4.83. The standard InChI is InChI=1S/C21H25N3O3S2/c1-23(2)10-11-24(20(25)14-6-9-17(26-3)18(12-14)27-4)21-22-16-8-7-15(28-5)13-19(16)29-21/h6-9,12-13H,10-11H2,1-5H3. The molecule has 154 valence electrons. The number of rotatable bonds is 8. The molecule has 0 aliphatic rings. The van der Waals surface area contributed by atoms with Crippen LogP contribution in [0.4, 0.5) is 5.13 Å². The van der Waals surface area contributed by atoms with Crippen molar-refractivity contribution in [1.29, 1.82) is 0 Å². The van der Waals surface area contributed by atoms with E-state index in [2.05, 4.69) is 12.1 Å². The molecule has 0 saturated carbocycles. The summed E-state index contributed by atoms with van der Waals surface area (Å²) in [6.45, 7) is 1.26. The lowest BCUT2D eigenvalue weighted by Crippen LogP contribution is -2.36. The molecule has 3 aromatic rings. The Morgan fingerprint density at radius 1 is 1.07 bits per heavy atom. The molecule has 0 aliphatic heterocycles. The third-order valence-electron chi connectivity index (χ3n) is 4.46. The van der Waals surface area contributed by atoms with Gasteiger partial charge in [0.1, 0.15) is 0 Å². The maximum Gasteiger partial charge on any atom is 0.260 e. The highest BCUT2D eigenvalue weighted by molar-refractivity contribution is 7.98. The van der Waals surface area contributed by atoms with Gasteiger partial charge >= 0.3 is 0 Å². The summed E-state index contributed by atoms with van der Waals surface area (Å²) in [5.41, 5.74) is 1.43. The van der Waals surface area contributed by atoms with Crippen LogP contribution < -0.4 is 14.4 Å². The van der Waals surface area contributed by atoms with Crippen LogP contribution in [0.3, 0.4) is 0 Å². The summed E-state index contributed by atoms with van der Waals surface area (Å²) in [6, 6.07) is 11.4. The second-order valence-electron chi connectivity index (χ2n) is 6.66. The van der Waals surface area contributed by atoms with E-state index < -0.39 is 0 Å². The molecule has 6 nitrogen and oxygen atoms in total. The highest BCUT2D eigenvalue weighted by Crippen LogP contribution is 2.33. The largest absolute Gasteiger partial charge is 0.493 e. The summed E-state index contributed by atoms with van der Waals surface area (Å²) < 4.78 is 11.7. The maximum absolute atomic E-state index is 13.4. The van der Waals surface area contributed by atoms with Gasteiger partial charge in [0, 0.05) is 23.5 Å². The Balaban J connectivity index is 1.99. The van der Waals surface area contributed by atoms with Crippen LogP contribution in [-0.4, -0.2) is 63.5 Å². The van der Waals surface area contributed by atoms with Gasteiger partial charge in [0.2, 0.25) is 0 Å². The van der Waals surface area contributed by atoms with E-state index in [1.165, 1.54) is 16.2 Å². The Hall–Kier alpha value is -2.29. The van der Waals surface area contributed by atoms with Crippen molar-refractivity contribution in [3.63, 3.8) is 0 Å². The lowest BCUT2D eigenvalue weighted by Gasteiger charge is -2.22. The van der Waals surface area contributed by atoms with E-state index in [0.29, 0.717) is 28.7 Å². The molecule has 3 rings (SSSR count). The van der Waals surface area contributed by atoms with Crippen LogP contribution >= 0.6 is 23.1 Å². The second-order valence-corrected chi connectivity index (χ2v) is 8.55. The molecule has 29 heavy (non-hydrogen) atoms. The number of carbonyl (C=O) groups is 1. The zero-order valence-corrected chi connectivity index (χ0v) is 18.9. The summed E-state index contributed by atoms with van der Waals surface area (Å²) in [5, 5.41) is 0.694. The monoisotopic (exact) mass is 431 g/mol. The van der Waals surface area contributed by atoms with Gasteiger partial charge < -0.3 is 14.4 Å². The molecule has 0 N–H and O–H groups in total. The minimum Gasteiger partial charge on any atom is -0.493 e. The molecule has 0 bridgehead atoms. The number of thiazole rings is 1. The van der Waals surface area contributed by atoms with Crippen LogP contribution in [0.15, 0.2) is 41.3 Å². The number of anilines is 1. The van der Waals surface area contributed by atoms with Crippen LogP contribution in [0.25, 0.3) is 10.2 Å². The predicted octanol–water partition coefficient (Wildman–Crippen LogP) is 4.24. The molecular formula is C21H25N3O3S2. The Kier molecular flexibility index (Phi) is 7.00.